The molecule has 186 valence electrons. The zero-order valence-electron chi connectivity index (χ0n) is 20.4. The first-order valence-corrected chi connectivity index (χ1v) is 15.7. The number of hydrogen-bond acceptors (Lipinski definition) is 5. The number of nitrogens with one attached hydrogen (secondary N) is 2. The van der Waals surface area contributed by atoms with Gasteiger partial charge in [-0.15, -0.1) is 0 Å². The van der Waals surface area contributed by atoms with Gasteiger partial charge in [-0.2, -0.15) is 5.10 Å². The third-order valence-corrected chi connectivity index (χ3v) is 7.59. The Kier molecular flexibility index (Phi) is 7.53. The van der Waals surface area contributed by atoms with E-state index in [2.05, 4.69) is 40.1 Å². The second-order valence-corrected chi connectivity index (χ2v) is 15.8. The second-order valence-electron chi connectivity index (χ2n) is 9.74. The van der Waals surface area contributed by atoms with Gasteiger partial charge < -0.3 is 14.6 Å². The lowest BCUT2D eigenvalue weighted by Crippen LogP contribution is -2.24. The second kappa shape index (κ2) is 10.4. The summed E-state index contributed by atoms with van der Waals surface area (Å²) in [5.41, 5.74) is 3.29. The number of alkyl halides is 1. The third kappa shape index (κ3) is 5.55. The molecule has 0 aliphatic carbocycles. The minimum Gasteiger partial charge on any atom is -0.361 e. The molecule has 11 heteroatoms. The molecule has 3 aromatic heterocycles. The molecule has 0 fully saturated rings. The van der Waals surface area contributed by atoms with Gasteiger partial charge in [0.1, 0.15) is 30.3 Å². The van der Waals surface area contributed by atoms with Gasteiger partial charge in [0.25, 0.3) is 5.91 Å². The van der Waals surface area contributed by atoms with E-state index in [9.17, 15) is 9.18 Å². The van der Waals surface area contributed by atoms with Crippen LogP contribution in [-0.4, -0.2) is 51.9 Å². The minimum absolute atomic E-state index is 0.229. The Balaban J connectivity index is 1.75. The molecule has 0 spiro atoms. The van der Waals surface area contributed by atoms with Crippen molar-refractivity contribution in [3.8, 4) is 11.4 Å². The SMILES string of the molecule is CCCNC(=O)c1cn(COCC[Si](C)(C)C)c2ncc(-c3n[nH]c4cc(Cl)cc(CF)c34)nc12. The van der Waals surface area contributed by atoms with E-state index in [1.807, 2.05) is 6.92 Å². The van der Waals surface area contributed by atoms with Gasteiger partial charge in [-0.05, 0) is 30.2 Å². The molecule has 1 amide bonds. The summed E-state index contributed by atoms with van der Waals surface area (Å²) in [6.45, 7) is 9.65. The quantitative estimate of drug-likeness (QED) is 0.213. The number of nitrogens with zero attached hydrogens (tertiary/aromatic N) is 4. The van der Waals surface area contributed by atoms with Gasteiger partial charge >= 0.3 is 0 Å². The van der Waals surface area contributed by atoms with Crippen molar-refractivity contribution >= 4 is 47.6 Å². The molecule has 1 aromatic carbocycles. The summed E-state index contributed by atoms with van der Waals surface area (Å²) in [5, 5.41) is 11.2. The number of ether oxygens (including phenoxy) is 1. The summed E-state index contributed by atoms with van der Waals surface area (Å²) >= 11 is 6.11. The molecule has 0 aliphatic rings. The number of H-pyrrole nitrogens is 1. The maximum absolute atomic E-state index is 13.8. The first-order chi connectivity index (χ1) is 16.7. The molecular formula is C24H30ClFN6O2Si. The van der Waals surface area contributed by atoms with Crippen LogP contribution in [0.4, 0.5) is 4.39 Å². The van der Waals surface area contributed by atoms with Crippen molar-refractivity contribution in [2.75, 3.05) is 13.2 Å². The number of carbonyl (C=O) groups excluding carboxylic acids is 1. The summed E-state index contributed by atoms with van der Waals surface area (Å²) in [5.74, 6) is -0.229. The Bertz CT molecular complexity index is 1360. The van der Waals surface area contributed by atoms with Crippen molar-refractivity contribution in [3.05, 3.63) is 40.7 Å². The van der Waals surface area contributed by atoms with E-state index in [0.29, 0.717) is 62.8 Å². The number of aromatic nitrogens is 5. The Morgan fingerprint density at radius 2 is 2.11 bits per heavy atom. The molecular weight excluding hydrogens is 487 g/mol. The highest BCUT2D eigenvalue weighted by Crippen LogP contribution is 2.32. The van der Waals surface area contributed by atoms with E-state index in [4.69, 9.17) is 21.3 Å². The molecule has 0 saturated heterocycles. The van der Waals surface area contributed by atoms with Crippen LogP contribution >= 0.6 is 11.6 Å². The summed E-state index contributed by atoms with van der Waals surface area (Å²) in [6.07, 6.45) is 4.12. The average Bonchev–Trinajstić information content (AvgIpc) is 3.40. The normalized spacial score (nSPS) is 12.1. The van der Waals surface area contributed by atoms with Gasteiger partial charge in [0.05, 0.1) is 17.3 Å². The number of halogens is 2. The van der Waals surface area contributed by atoms with Gasteiger partial charge in [-0.1, -0.05) is 38.2 Å². The van der Waals surface area contributed by atoms with Crippen LogP contribution in [0.2, 0.25) is 30.7 Å². The van der Waals surface area contributed by atoms with E-state index in [1.165, 1.54) is 0 Å². The molecule has 4 aromatic rings. The monoisotopic (exact) mass is 516 g/mol. The zero-order chi connectivity index (χ0) is 25.2. The highest BCUT2D eigenvalue weighted by Gasteiger charge is 2.21. The molecule has 2 N–H and O–H groups in total. The van der Waals surface area contributed by atoms with Gasteiger partial charge in [0.15, 0.2) is 5.65 Å². The van der Waals surface area contributed by atoms with Crippen LogP contribution in [0.25, 0.3) is 33.5 Å². The van der Waals surface area contributed by atoms with Crippen LogP contribution in [0, 0.1) is 0 Å². The number of carbonyl (C=O) groups is 1. The predicted octanol–water partition coefficient (Wildman–Crippen LogP) is 5.55. The van der Waals surface area contributed by atoms with Crippen LogP contribution in [-0.2, 0) is 18.1 Å². The highest BCUT2D eigenvalue weighted by atomic mass is 35.5. The zero-order valence-corrected chi connectivity index (χ0v) is 22.2. The fraction of sp³-hybridized carbons (Fsp3) is 0.417. The van der Waals surface area contributed by atoms with E-state index in [0.717, 1.165) is 12.5 Å². The van der Waals surface area contributed by atoms with Crippen LogP contribution in [0.5, 0.6) is 0 Å². The van der Waals surface area contributed by atoms with Gasteiger partial charge in [-0.3, -0.25) is 9.89 Å². The van der Waals surface area contributed by atoms with E-state index in [1.54, 1.807) is 29.1 Å². The van der Waals surface area contributed by atoms with E-state index in [-0.39, 0.29) is 12.6 Å². The van der Waals surface area contributed by atoms with Crippen LogP contribution < -0.4 is 5.32 Å². The van der Waals surface area contributed by atoms with Crippen molar-refractivity contribution in [3.63, 3.8) is 0 Å². The van der Waals surface area contributed by atoms with Gasteiger partial charge in [-0.25, -0.2) is 14.4 Å². The van der Waals surface area contributed by atoms with Crippen LogP contribution in [0.15, 0.2) is 24.5 Å². The fourth-order valence-corrected chi connectivity index (χ4v) is 4.80. The van der Waals surface area contributed by atoms with Crippen molar-refractivity contribution in [1.29, 1.82) is 0 Å². The van der Waals surface area contributed by atoms with Crippen LogP contribution in [0.1, 0.15) is 29.3 Å². The lowest BCUT2D eigenvalue weighted by atomic mass is 10.1. The number of fused-ring (bicyclic) bond motifs is 2. The van der Waals surface area contributed by atoms with E-state index < -0.39 is 14.7 Å². The van der Waals surface area contributed by atoms with Crippen LogP contribution in [0.3, 0.4) is 0 Å². The summed E-state index contributed by atoms with van der Waals surface area (Å²) in [6, 6.07) is 4.31. The molecule has 8 nitrogen and oxygen atoms in total. The maximum Gasteiger partial charge on any atom is 0.255 e. The standard InChI is InChI=1S/C24H30ClFN6O2Si/c1-5-6-27-24(33)17-13-32(14-34-7-8-35(2,3)4)23-21(17)29-19(12-28-23)22-20-15(11-26)9-16(25)10-18(20)30-31-22/h9-10,12-13H,5-8,11,14H2,1-4H3,(H,27,33)(H,30,31). The first-order valence-electron chi connectivity index (χ1n) is 11.7. The smallest absolute Gasteiger partial charge is 0.255 e. The topological polar surface area (TPSA) is 97.7 Å². The molecule has 35 heavy (non-hydrogen) atoms. The molecule has 0 bridgehead atoms. The predicted molar refractivity (Wildman–Crippen MR) is 139 cm³/mol. The Morgan fingerprint density at radius 3 is 2.83 bits per heavy atom. The van der Waals surface area contributed by atoms with Crippen molar-refractivity contribution in [2.24, 2.45) is 0 Å². The first kappa shape index (κ1) is 25.3. The van der Waals surface area contributed by atoms with Crippen molar-refractivity contribution in [2.45, 2.75) is 52.4 Å². The minimum atomic E-state index is -1.22. The number of aromatic amines is 1. The number of hydrogen-bond donors (Lipinski definition) is 2. The fourth-order valence-electron chi connectivity index (χ4n) is 3.80. The average molecular weight is 517 g/mol. The Morgan fingerprint density at radius 1 is 1.31 bits per heavy atom. The molecule has 0 unspecified atom stereocenters. The largest absolute Gasteiger partial charge is 0.361 e. The molecule has 3 heterocycles. The Labute approximate surface area is 209 Å². The number of rotatable bonds is 10. The number of benzene rings is 1. The third-order valence-electron chi connectivity index (χ3n) is 5.67. The van der Waals surface area contributed by atoms with Gasteiger partial charge in [0.2, 0.25) is 0 Å². The highest BCUT2D eigenvalue weighted by molar-refractivity contribution is 6.76. The van der Waals surface area contributed by atoms with Crippen molar-refractivity contribution < 1.29 is 13.9 Å². The van der Waals surface area contributed by atoms with Gasteiger partial charge in [0, 0.05) is 37.8 Å². The summed E-state index contributed by atoms with van der Waals surface area (Å²) < 4.78 is 21.5. The lowest BCUT2D eigenvalue weighted by Gasteiger charge is -2.15. The number of amides is 1. The summed E-state index contributed by atoms with van der Waals surface area (Å²) in [7, 11) is -1.22. The van der Waals surface area contributed by atoms with E-state index >= 15 is 0 Å². The Hall–Kier alpha value is -2.82. The molecule has 0 saturated carbocycles. The lowest BCUT2D eigenvalue weighted by molar-refractivity contribution is 0.0892. The summed E-state index contributed by atoms with van der Waals surface area (Å²) in [4.78, 5) is 22.3. The molecule has 0 radical (unpaired) electrons. The molecule has 4 rings (SSSR count). The maximum atomic E-state index is 13.8. The molecule has 0 aliphatic heterocycles. The molecule has 0 atom stereocenters. The van der Waals surface area contributed by atoms with Crippen molar-refractivity contribution in [1.82, 2.24) is 30.0 Å².